The van der Waals surface area contributed by atoms with Crippen LogP contribution in [0, 0.1) is 0 Å². The molecule has 0 aliphatic heterocycles. The number of hydrogen-bond donors (Lipinski definition) is 1. The molecule has 1 heterocycles. The van der Waals surface area contributed by atoms with Crippen LogP contribution in [-0.2, 0) is 22.6 Å². The summed E-state index contributed by atoms with van der Waals surface area (Å²) in [6, 6.07) is 13.0. The Morgan fingerprint density at radius 1 is 1.22 bits per heavy atom. The van der Waals surface area contributed by atoms with Crippen LogP contribution in [0.5, 0.6) is 0 Å². The number of carbonyl (C=O) groups is 1. The summed E-state index contributed by atoms with van der Waals surface area (Å²) in [5.41, 5.74) is 2.49. The molecule has 170 valence electrons. The van der Waals surface area contributed by atoms with Gasteiger partial charge in [-0.2, -0.15) is 0 Å². The molecule has 0 aliphatic carbocycles. The van der Waals surface area contributed by atoms with Crippen molar-refractivity contribution in [3.8, 4) is 0 Å². The second kappa shape index (κ2) is 11.4. The van der Waals surface area contributed by atoms with E-state index in [0.717, 1.165) is 11.3 Å². The van der Waals surface area contributed by atoms with Gasteiger partial charge in [0.05, 0.1) is 16.7 Å². The molecule has 0 radical (unpaired) electrons. The van der Waals surface area contributed by atoms with E-state index in [1.807, 2.05) is 43.3 Å². The molecule has 7 nitrogen and oxygen atoms in total. The number of nitrogens with one attached hydrogen (secondary N) is 1. The first-order chi connectivity index (χ1) is 15.4. The molecule has 0 aliphatic rings. The summed E-state index contributed by atoms with van der Waals surface area (Å²) in [5, 5.41) is 4.42. The summed E-state index contributed by atoms with van der Waals surface area (Å²) in [7, 11) is 5.59. The maximum absolute atomic E-state index is 13.0. The second-order valence-corrected chi connectivity index (χ2v) is 8.86. The first-order valence-corrected chi connectivity index (χ1v) is 11.6. The summed E-state index contributed by atoms with van der Waals surface area (Å²) < 4.78 is 6.72. The molecule has 0 fully saturated rings. The average molecular weight is 475 g/mol. The third-order valence-corrected chi connectivity index (χ3v) is 6.10. The number of rotatable bonds is 10. The molecular formula is C23H27ClN4O3S. The van der Waals surface area contributed by atoms with E-state index >= 15 is 0 Å². The maximum Gasteiger partial charge on any atom is 0.262 e. The number of anilines is 1. The monoisotopic (exact) mass is 474 g/mol. The van der Waals surface area contributed by atoms with Gasteiger partial charge in [-0.3, -0.25) is 14.2 Å². The Balaban J connectivity index is 1.70. The average Bonchev–Trinajstić information content (AvgIpc) is 2.78. The Bertz CT molecular complexity index is 1130. The molecule has 3 aromatic rings. The van der Waals surface area contributed by atoms with E-state index < -0.39 is 0 Å². The van der Waals surface area contributed by atoms with Gasteiger partial charge < -0.3 is 15.0 Å². The zero-order chi connectivity index (χ0) is 23.1. The lowest BCUT2D eigenvalue weighted by atomic mass is 10.2. The number of nitrogens with zero attached hydrogens (tertiary/aromatic N) is 3. The predicted molar refractivity (Wildman–Crippen MR) is 131 cm³/mol. The number of benzene rings is 2. The summed E-state index contributed by atoms with van der Waals surface area (Å²) in [6.07, 6.45) is 0.667. The number of carbonyl (C=O) groups excluding carboxylic acids is 1. The van der Waals surface area contributed by atoms with Crippen LogP contribution in [0.1, 0.15) is 12.0 Å². The van der Waals surface area contributed by atoms with Crippen molar-refractivity contribution in [2.45, 2.75) is 24.7 Å². The van der Waals surface area contributed by atoms with Crippen LogP contribution in [0.2, 0.25) is 5.02 Å². The summed E-state index contributed by atoms with van der Waals surface area (Å²) in [6.45, 7) is 1.43. The number of fused-ring (bicyclic) bond motifs is 1. The second-order valence-electron chi connectivity index (χ2n) is 7.49. The molecule has 3 rings (SSSR count). The van der Waals surface area contributed by atoms with Gasteiger partial charge in [-0.25, -0.2) is 4.98 Å². The van der Waals surface area contributed by atoms with Gasteiger partial charge in [0.1, 0.15) is 0 Å². The Morgan fingerprint density at radius 2 is 1.97 bits per heavy atom. The van der Waals surface area contributed by atoms with E-state index in [1.54, 1.807) is 29.9 Å². The van der Waals surface area contributed by atoms with Gasteiger partial charge in [0.25, 0.3) is 5.56 Å². The van der Waals surface area contributed by atoms with Crippen LogP contribution >= 0.6 is 23.4 Å². The minimum atomic E-state index is -0.147. The Kier molecular flexibility index (Phi) is 8.55. The van der Waals surface area contributed by atoms with Crippen molar-refractivity contribution < 1.29 is 9.53 Å². The predicted octanol–water partition coefficient (Wildman–Crippen LogP) is 3.56. The SMILES string of the molecule is COCCCn1c(SCC(=O)NCc2ccc(N(C)C)cc2)nc2cc(Cl)ccc2c1=O. The topological polar surface area (TPSA) is 76.5 Å². The summed E-state index contributed by atoms with van der Waals surface area (Å²) >= 11 is 7.32. The highest BCUT2D eigenvalue weighted by Crippen LogP contribution is 2.21. The largest absolute Gasteiger partial charge is 0.385 e. The molecule has 1 N–H and O–H groups in total. The van der Waals surface area contributed by atoms with E-state index in [4.69, 9.17) is 16.3 Å². The first-order valence-electron chi connectivity index (χ1n) is 10.2. The Hall–Kier alpha value is -2.55. The van der Waals surface area contributed by atoms with Crippen LogP contribution in [0.3, 0.4) is 0 Å². The Labute approximate surface area is 196 Å². The van der Waals surface area contributed by atoms with Gasteiger partial charge in [0.15, 0.2) is 5.16 Å². The van der Waals surface area contributed by atoms with E-state index in [2.05, 4.69) is 10.3 Å². The van der Waals surface area contributed by atoms with Crippen LogP contribution in [0.4, 0.5) is 5.69 Å². The standard InChI is InChI=1S/C23H27ClN4O3S/c1-27(2)18-8-5-16(6-9-18)14-25-21(29)15-32-23-26-20-13-17(24)7-10-19(20)22(30)28(23)11-4-12-31-3/h5-10,13H,4,11-12,14-15H2,1-3H3,(H,25,29). The molecule has 1 amide bonds. The highest BCUT2D eigenvalue weighted by molar-refractivity contribution is 7.99. The van der Waals surface area contributed by atoms with Crippen molar-refractivity contribution in [2.24, 2.45) is 0 Å². The van der Waals surface area contributed by atoms with Gasteiger partial charge in [0.2, 0.25) is 5.91 Å². The molecule has 0 unspecified atom stereocenters. The van der Waals surface area contributed by atoms with Crippen LogP contribution in [-0.4, -0.2) is 49.0 Å². The van der Waals surface area contributed by atoms with Gasteiger partial charge >= 0.3 is 0 Å². The lowest BCUT2D eigenvalue weighted by Crippen LogP contribution is -2.27. The fourth-order valence-corrected chi connectivity index (χ4v) is 4.16. The molecule has 9 heteroatoms. The molecule has 0 atom stereocenters. The fourth-order valence-electron chi connectivity index (χ4n) is 3.14. The van der Waals surface area contributed by atoms with Crippen molar-refractivity contribution in [2.75, 3.05) is 38.5 Å². The molecule has 2 aromatic carbocycles. The molecule has 1 aromatic heterocycles. The van der Waals surface area contributed by atoms with Crippen LogP contribution < -0.4 is 15.8 Å². The zero-order valence-electron chi connectivity index (χ0n) is 18.4. The highest BCUT2D eigenvalue weighted by Gasteiger charge is 2.14. The van der Waals surface area contributed by atoms with E-state index in [0.29, 0.717) is 47.2 Å². The minimum absolute atomic E-state index is 0.129. The number of halogens is 1. The summed E-state index contributed by atoms with van der Waals surface area (Å²) in [5.74, 6) is 0.0223. The van der Waals surface area contributed by atoms with Crippen molar-refractivity contribution in [3.63, 3.8) is 0 Å². The number of methoxy groups -OCH3 is 1. The number of thioether (sulfide) groups is 1. The Morgan fingerprint density at radius 3 is 2.66 bits per heavy atom. The lowest BCUT2D eigenvalue weighted by Gasteiger charge is -2.14. The third-order valence-electron chi connectivity index (χ3n) is 4.89. The molecule has 32 heavy (non-hydrogen) atoms. The molecule has 0 saturated carbocycles. The van der Waals surface area contributed by atoms with Crippen LogP contribution in [0.15, 0.2) is 52.4 Å². The van der Waals surface area contributed by atoms with Crippen molar-refractivity contribution >= 4 is 45.9 Å². The van der Waals surface area contributed by atoms with Gasteiger partial charge in [-0.05, 0) is 42.3 Å². The highest BCUT2D eigenvalue weighted by atomic mass is 35.5. The lowest BCUT2D eigenvalue weighted by molar-refractivity contribution is -0.118. The summed E-state index contributed by atoms with van der Waals surface area (Å²) in [4.78, 5) is 32.1. The van der Waals surface area contributed by atoms with Crippen LogP contribution in [0.25, 0.3) is 10.9 Å². The van der Waals surface area contributed by atoms with Crippen molar-refractivity contribution in [1.82, 2.24) is 14.9 Å². The normalized spacial score (nSPS) is 11.0. The molecule has 0 saturated heterocycles. The van der Waals surface area contributed by atoms with Gasteiger partial charge in [0, 0.05) is 51.6 Å². The van der Waals surface area contributed by atoms with E-state index in [-0.39, 0.29) is 17.2 Å². The molecular weight excluding hydrogens is 448 g/mol. The number of amides is 1. The zero-order valence-corrected chi connectivity index (χ0v) is 20.0. The van der Waals surface area contributed by atoms with E-state index in [9.17, 15) is 9.59 Å². The molecule has 0 bridgehead atoms. The maximum atomic E-state index is 13.0. The number of hydrogen-bond acceptors (Lipinski definition) is 6. The molecule has 0 spiro atoms. The van der Waals surface area contributed by atoms with Crippen molar-refractivity contribution in [3.05, 3.63) is 63.4 Å². The van der Waals surface area contributed by atoms with E-state index in [1.165, 1.54) is 11.8 Å². The quantitative estimate of drug-likeness (QED) is 0.275. The number of aromatic nitrogens is 2. The smallest absolute Gasteiger partial charge is 0.262 e. The third kappa shape index (κ3) is 6.25. The minimum Gasteiger partial charge on any atom is -0.385 e. The fraction of sp³-hybridized carbons (Fsp3) is 0.348. The van der Waals surface area contributed by atoms with Crippen molar-refractivity contribution in [1.29, 1.82) is 0 Å². The number of ether oxygens (including phenoxy) is 1. The van der Waals surface area contributed by atoms with Gasteiger partial charge in [-0.15, -0.1) is 0 Å². The first kappa shape index (κ1) is 24.1. The van der Waals surface area contributed by atoms with Gasteiger partial charge in [-0.1, -0.05) is 35.5 Å².